The van der Waals surface area contributed by atoms with Gasteiger partial charge in [0.05, 0.1) is 5.69 Å². The quantitative estimate of drug-likeness (QED) is 0.623. The molecule has 0 aliphatic heterocycles. The Bertz CT molecular complexity index is 209. The minimum Gasteiger partial charge on any atom is -0.396 e. The molecule has 0 unspecified atom stereocenters. The van der Waals surface area contributed by atoms with Gasteiger partial charge in [0.1, 0.15) is 0 Å². The maximum atomic E-state index is 12.4. The summed E-state index contributed by atoms with van der Waals surface area (Å²) in [6.07, 6.45) is 1.35. The van der Waals surface area contributed by atoms with Crippen molar-refractivity contribution in [1.29, 1.82) is 0 Å². The first-order valence-electron chi connectivity index (χ1n) is 2.27. The van der Waals surface area contributed by atoms with Crippen molar-refractivity contribution in [2.24, 2.45) is 0 Å². The molecule has 0 aliphatic carbocycles. The van der Waals surface area contributed by atoms with Crippen LogP contribution in [0.5, 0.6) is 0 Å². The molecule has 0 fully saturated rings. The van der Waals surface area contributed by atoms with Crippen molar-refractivity contribution >= 4 is 29.7 Å². The zero-order valence-corrected chi connectivity index (χ0v) is 6.42. The van der Waals surface area contributed by atoms with E-state index in [4.69, 9.17) is 17.3 Å². The lowest BCUT2D eigenvalue weighted by molar-refractivity contribution is 0.627. The first-order valence-corrected chi connectivity index (χ1v) is 2.65. The molecule has 0 bridgehead atoms. The Morgan fingerprint density at radius 1 is 1.60 bits per heavy atom. The first kappa shape index (κ1) is 9.46. The highest BCUT2D eigenvalue weighted by atomic mass is 35.5. The monoisotopic (exact) mass is 182 g/mol. The average Bonchev–Trinajstić information content (AvgIpc) is 1.83. The molecule has 1 aromatic rings. The zero-order chi connectivity index (χ0) is 6.85. The number of hydrogen-bond donors (Lipinski definition) is 1. The summed E-state index contributed by atoms with van der Waals surface area (Å²) in [5.41, 5.74) is 5.14. The van der Waals surface area contributed by atoms with Crippen molar-refractivity contribution in [2.45, 2.75) is 0 Å². The van der Waals surface area contributed by atoms with E-state index >= 15 is 0 Å². The van der Waals surface area contributed by atoms with Crippen LogP contribution in [0.1, 0.15) is 0 Å². The van der Waals surface area contributed by atoms with E-state index < -0.39 is 5.82 Å². The second-order valence-corrected chi connectivity index (χ2v) is 1.86. The van der Waals surface area contributed by atoms with Crippen LogP contribution in [0.3, 0.4) is 0 Å². The van der Waals surface area contributed by atoms with Gasteiger partial charge in [0.15, 0.2) is 11.0 Å². The molecule has 0 saturated heterocycles. The van der Waals surface area contributed by atoms with Crippen LogP contribution in [0.15, 0.2) is 12.3 Å². The van der Waals surface area contributed by atoms with E-state index in [0.717, 1.165) is 0 Å². The molecular formula is C5H5Cl2FN2. The molecule has 0 spiro atoms. The normalized spacial score (nSPS) is 8.60. The minimum absolute atomic E-state index is 0. The van der Waals surface area contributed by atoms with Gasteiger partial charge in [0, 0.05) is 6.20 Å². The molecule has 2 nitrogen and oxygen atoms in total. The van der Waals surface area contributed by atoms with E-state index in [1.165, 1.54) is 12.3 Å². The number of halogens is 3. The molecule has 0 saturated carbocycles. The molecule has 5 heteroatoms. The van der Waals surface area contributed by atoms with Crippen molar-refractivity contribution in [3.63, 3.8) is 0 Å². The Balaban J connectivity index is 0.000000810. The maximum Gasteiger partial charge on any atom is 0.183 e. The van der Waals surface area contributed by atoms with E-state index in [1.54, 1.807) is 0 Å². The fraction of sp³-hybridized carbons (Fsp3) is 0. The Morgan fingerprint density at radius 2 is 2.20 bits per heavy atom. The number of nitrogen functional groups attached to an aromatic ring is 1. The fourth-order valence-electron chi connectivity index (χ4n) is 0.432. The third-order valence-corrected chi connectivity index (χ3v) is 1.14. The lowest BCUT2D eigenvalue weighted by Crippen LogP contribution is -1.91. The van der Waals surface area contributed by atoms with Gasteiger partial charge < -0.3 is 5.73 Å². The lowest BCUT2D eigenvalue weighted by atomic mass is 10.4. The van der Waals surface area contributed by atoms with Crippen LogP contribution >= 0.6 is 24.0 Å². The third-order valence-electron chi connectivity index (χ3n) is 0.877. The Hall–Kier alpha value is -0.540. The predicted molar refractivity (Wildman–Crippen MR) is 40.9 cm³/mol. The number of aromatic nitrogens is 1. The second kappa shape index (κ2) is 3.58. The standard InChI is InChI=1S/C5H4ClFN2.ClH/c6-5-4(7)3(8)1-2-9-5;/h1-2H,(H2,8,9);1H. The summed E-state index contributed by atoms with van der Waals surface area (Å²) in [5.74, 6) is -0.654. The van der Waals surface area contributed by atoms with Crippen molar-refractivity contribution in [2.75, 3.05) is 5.73 Å². The van der Waals surface area contributed by atoms with Crippen molar-refractivity contribution < 1.29 is 4.39 Å². The van der Waals surface area contributed by atoms with Crippen LogP contribution in [0.2, 0.25) is 5.15 Å². The molecule has 1 heterocycles. The van der Waals surface area contributed by atoms with Gasteiger partial charge in [-0.05, 0) is 6.07 Å². The topological polar surface area (TPSA) is 38.9 Å². The van der Waals surface area contributed by atoms with Crippen molar-refractivity contribution in [3.8, 4) is 0 Å². The number of hydrogen-bond acceptors (Lipinski definition) is 2. The summed E-state index contributed by atoms with van der Waals surface area (Å²) >= 11 is 5.25. The predicted octanol–water partition coefficient (Wildman–Crippen LogP) is 1.88. The van der Waals surface area contributed by atoms with Gasteiger partial charge >= 0.3 is 0 Å². The van der Waals surface area contributed by atoms with Gasteiger partial charge in [-0.3, -0.25) is 0 Å². The summed E-state index contributed by atoms with van der Waals surface area (Å²) in [6, 6.07) is 1.35. The van der Waals surface area contributed by atoms with Crippen LogP contribution in [0.25, 0.3) is 0 Å². The van der Waals surface area contributed by atoms with Crippen LogP contribution in [-0.2, 0) is 0 Å². The molecule has 0 aliphatic rings. The van der Waals surface area contributed by atoms with E-state index in [1.807, 2.05) is 0 Å². The van der Waals surface area contributed by atoms with E-state index in [2.05, 4.69) is 4.98 Å². The fourth-order valence-corrected chi connectivity index (χ4v) is 0.597. The van der Waals surface area contributed by atoms with Gasteiger partial charge in [0.25, 0.3) is 0 Å². The molecule has 0 atom stereocenters. The largest absolute Gasteiger partial charge is 0.396 e. The number of nitrogens with zero attached hydrogens (tertiary/aromatic N) is 1. The van der Waals surface area contributed by atoms with Crippen LogP contribution in [0, 0.1) is 5.82 Å². The summed E-state index contributed by atoms with van der Waals surface area (Å²) in [7, 11) is 0. The molecule has 0 radical (unpaired) electrons. The zero-order valence-electron chi connectivity index (χ0n) is 4.84. The first-order chi connectivity index (χ1) is 4.22. The summed E-state index contributed by atoms with van der Waals surface area (Å²) in [6.45, 7) is 0. The van der Waals surface area contributed by atoms with Gasteiger partial charge in [-0.25, -0.2) is 9.37 Å². The second-order valence-electron chi connectivity index (χ2n) is 1.50. The minimum atomic E-state index is -0.654. The Labute approximate surface area is 68.6 Å². The lowest BCUT2D eigenvalue weighted by Gasteiger charge is -1.93. The SMILES string of the molecule is Cl.Nc1ccnc(Cl)c1F. The van der Waals surface area contributed by atoms with Gasteiger partial charge in [-0.2, -0.15) is 0 Å². The molecule has 10 heavy (non-hydrogen) atoms. The molecule has 56 valence electrons. The van der Waals surface area contributed by atoms with E-state index in [0.29, 0.717) is 0 Å². The number of pyridine rings is 1. The molecule has 1 aromatic heterocycles. The molecular weight excluding hydrogens is 178 g/mol. The summed E-state index contributed by atoms with van der Waals surface area (Å²) < 4.78 is 12.4. The molecule has 0 amide bonds. The average molecular weight is 183 g/mol. The highest BCUT2D eigenvalue weighted by Crippen LogP contribution is 2.15. The summed E-state index contributed by atoms with van der Waals surface area (Å²) in [4.78, 5) is 3.45. The highest BCUT2D eigenvalue weighted by molar-refractivity contribution is 6.29. The Morgan fingerprint density at radius 3 is 2.60 bits per heavy atom. The maximum absolute atomic E-state index is 12.4. The third kappa shape index (κ3) is 1.72. The van der Waals surface area contributed by atoms with E-state index in [9.17, 15) is 4.39 Å². The van der Waals surface area contributed by atoms with Crippen LogP contribution < -0.4 is 5.73 Å². The number of nitrogens with two attached hydrogens (primary N) is 1. The number of rotatable bonds is 0. The molecule has 1 rings (SSSR count). The summed E-state index contributed by atoms with van der Waals surface area (Å²) in [5, 5.41) is -0.185. The van der Waals surface area contributed by atoms with Crippen molar-refractivity contribution in [1.82, 2.24) is 4.98 Å². The smallest absolute Gasteiger partial charge is 0.183 e. The highest BCUT2D eigenvalue weighted by Gasteiger charge is 2.01. The molecule has 0 aromatic carbocycles. The van der Waals surface area contributed by atoms with Crippen LogP contribution in [0.4, 0.5) is 10.1 Å². The number of anilines is 1. The molecule has 2 N–H and O–H groups in total. The van der Waals surface area contributed by atoms with Gasteiger partial charge in [-0.15, -0.1) is 12.4 Å². The van der Waals surface area contributed by atoms with Crippen molar-refractivity contribution in [3.05, 3.63) is 23.2 Å². The van der Waals surface area contributed by atoms with Gasteiger partial charge in [-0.1, -0.05) is 11.6 Å². The van der Waals surface area contributed by atoms with Gasteiger partial charge in [0.2, 0.25) is 0 Å². The van der Waals surface area contributed by atoms with E-state index in [-0.39, 0.29) is 23.2 Å². The van der Waals surface area contributed by atoms with Crippen LogP contribution in [-0.4, -0.2) is 4.98 Å². The Kier molecular flexibility index (Phi) is 3.39.